The molecule has 0 saturated heterocycles. The van der Waals surface area contributed by atoms with Crippen molar-refractivity contribution in [2.24, 2.45) is 0 Å². The van der Waals surface area contributed by atoms with Crippen LogP contribution in [0.2, 0.25) is 0 Å². The Kier molecular flexibility index (Phi) is 5.10. The van der Waals surface area contributed by atoms with Crippen molar-refractivity contribution in [3.63, 3.8) is 0 Å². The minimum absolute atomic E-state index is 0.203. The van der Waals surface area contributed by atoms with Crippen molar-refractivity contribution < 1.29 is 4.39 Å². The van der Waals surface area contributed by atoms with Gasteiger partial charge in [-0.25, -0.2) is 9.37 Å². The van der Waals surface area contributed by atoms with Crippen LogP contribution in [0.5, 0.6) is 0 Å². The van der Waals surface area contributed by atoms with Gasteiger partial charge < -0.3 is 5.32 Å². The van der Waals surface area contributed by atoms with Crippen LogP contribution in [0, 0.1) is 5.82 Å². The second kappa shape index (κ2) is 6.82. The van der Waals surface area contributed by atoms with Gasteiger partial charge in [0.25, 0.3) is 0 Å². The van der Waals surface area contributed by atoms with Gasteiger partial charge in [0.15, 0.2) is 4.34 Å². The van der Waals surface area contributed by atoms with Crippen LogP contribution in [-0.2, 0) is 6.54 Å². The van der Waals surface area contributed by atoms with E-state index in [1.807, 2.05) is 6.07 Å². The first-order valence-electron chi connectivity index (χ1n) is 5.74. The van der Waals surface area contributed by atoms with Gasteiger partial charge in [-0.1, -0.05) is 30.8 Å². The Labute approximate surface area is 114 Å². The molecule has 3 nitrogen and oxygen atoms in total. The number of halogens is 1. The predicted octanol–water partition coefficient (Wildman–Crippen LogP) is 3.33. The number of nitrogens with one attached hydrogen (secondary N) is 1. The summed E-state index contributed by atoms with van der Waals surface area (Å²) in [5.41, 5.74) is 0.962. The molecular formula is C12H14FN3S2. The Morgan fingerprint density at radius 3 is 3.06 bits per heavy atom. The van der Waals surface area contributed by atoms with Gasteiger partial charge in [-0.2, -0.15) is 4.37 Å². The first-order valence-corrected chi connectivity index (χ1v) is 7.33. The van der Waals surface area contributed by atoms with E-state index in [0.717, 1.165) is 22.9 Å². The molecule has 0 fully saturated rings. The van der Waals surface area contributed by atoms with Crippen molar-refractivity contribution in [3.05, 3.63) is 35.9 Å². The normalized spacial score (nSPS) is 10.8. The molecule has 0 unspecified atom stereocenters. The quantitative estimate of drug-likeness (QED) is 0.825. The number of rotatable bonds is 6. The van der Waals surface area contributed by atoms with Gasteiger partial charge in [-0.3, -0.25) is 0 Å². The maximum atomic E-state index is 13.9. The van der Waals surface area contributed by atoms with E-state index in [0.29, 0.717) is 11.4 Å². The summed E-state index contributed by atoms with van der Waals surface area (Å²) in [5, 5.41) is 3.29. The molecule has 0 amide bonds. The number of aromatic nitrogens is 2. The lowest BCUT2D eigenvalue weighted by Gasteiger charge is -2.09. The summed E-state index contributed by atoms with van der Waals surface area (Å²) in [6.45, 7) is 3.71. The lowest BCUT2D eigenvalue weighted by Crippen LogP contribution is -2.14. The van der Waals surface area contributed by atoms with Gasteiger partial charge >= 0.3 is 0 Å². The van der Waals surface area contributed by atoms with Crippen LogP contribution in [0.25, 0.3) is 0 Å². The highest BCUT2D eigenvalue weighted by atomic mass is 32.2. The van der Waals surface area contributed by atoms with Gasteiger partial charge in [-0.15, -0.1) is 0 Å². The van der Waals surface area contributed by atoms with Gasteiger partial charge in [0, 0.05) is 6.54 Å². The molecule has 0 bridgehead atoms. The molecule has 0 aliphatic rings. The van der Waals surface area contributed by atoms with E-state index < -0.39 is 0 Å². The number of nitrogens with zero attached hydrogens (tertiary/aromatic N) is 2. The van der Waals surface area contributed by atoms with Crippen LogP contribution < -0.4 is 5.32 Å². The van der Waals surface area contributed by atoms with E-state index in [9.17, 15) is 4.39 Å². The number of hydrogen-bond donors (Lipinski definition) is 1. The van der Waals surface area contributed by atoms with Gasteiger partial charge in [0.2, 0.25) is 0 Å². The van der Waals surface area contributed by atoms with Crippen LogP contribution in [0.1, 0.15) is 18.9 Å². The van der Waals surface area contributed by atoms with E-state index in [1.165, 1.54) is 35.7 Å². The zero-order valence-corrected chi connectivity index (χ0v) is 11.7. The Morgan fingerprint density at radius 2 is 2.33 bits per heavy atom. The summed E-state index contributed by atoms with van der Waals surface area (Å²) in [7, 11) is 0. The van der Waals surface area contributed by atoms with Crippen LogP contribution >= 0.6 is 23.3 Å². The first kappa shape index (κ1) is 13.5. The Hall–Kier alpha value is -0.980. The zero-order valence-electron chi connectivity index (χ0n) is 10.0. The molecule has 1 aromatic carbocycles. The molecule has 1 heterocycles. The fourth-order valence-corrected chi connectivity index (χ4v) is 3.02. The largest absolute Gasteiger partial charge is 0.313 e. The molecule has 1 N–H and O–H groups in total. The average Bonchev–Trinajstić information content (AvgIpc) is 2.86. The molecule has 0 aliphatic carbocycles. The minimum atomic E-state index is -0.203. The monoisotopic (exact) mass is 283 g/mol. The topological polar surface area (TPSA) is 37.8 Å². The fourth-order valence-electron chi connectivity index (χ4n) is 1.50. The maximum Gasteiger partial charge on any atom is 0.174 e. The summed E-state index contributed by atoms with van der Waals surface area (Å²) in [6.07, 6.45) is 2.55. The lowest BCUT2D eigenvalue weighted by atomic mass is 10.2. The van der Waals surface area contributed by atoms with Gasteiger partial charge in [0.05, 0.1) is 4.90 Å². The van der Waals surface area contributed by atoms with Crippen molar-refractivity contribution in [2.45, 2.75) is 29.1 Å². The van der Waals surface area contributed by atoms with Crippen molar-refractivity contribution in [1.82, 2.24) is 14.7 Å². The van der Waals surface area contributed by atoms with Crippen molar-refractivity contribution in [3.8, 4) is 0 Å². The molecule has 6 heteroatoms. The van der Waals surface area contributed by atoms with Gasteiger partial charge in [-0.05, 0) is 36.1 Å². The SMILES string of the molecule is CCCNCc1cccc(F)c1Sc1ncns1. The Bertz CT molecular complexity index is 488. The molecule has 2 rings (SSSR count). The molecule has 18 heavy (non-hydrogen) atoms. The Morgan fingerprint density at radius 1 is 1.44 bits per heavy atom. The molecule has 0 saturated carbocycles. The third-order valence-electron chi connectivity index (χ3n) is 2.32. The van der Waals surface area contributed by atoms with Gasteiger partial charge in [0.1, 0.15) is 12.1 Å². The Balaban J connectivity index is 2.15. The molecule has 0 spiro atoms. The highest BCUT2D eigenvalue weighted by Gasteiger charge is 2.11. The van der Waals surface area contributed by atoms with E-state index in [2.05, 4.69) is 21.6 Å². The van der Waals surface area contributed by atoms with Crippen LogP contribution in [0.15, 0.2) is 33.8 Å². The van der Waals surface area contributed by atoms with E-state index in [1.54, 1.807) is 6.07 Å². The number of benzene rings is 1. The molecular weight excluding hydrogens is 269 g/mol. The zero-order chi connectivity index (χ0) is 12.8. The van der Waals surface area contributed by atoms with E-state index in [4.69, 9.17) is 0 Å². The van der Waals surface area contributed by atoms with E-state index >= 15 is 0 Å². The molecule has 0 radical (unpaired) electrons. The fraction of sp³-hybridized carbons (Fsp3) is 0.333. The standard InChI is InChI=1S/C12H14FN3S2/c1-2-6-14-7-9-4-3-5-10(13)11(9)17-12-15-8-16-18-12/h3-5,8,14H,2,6-7H2,1H3. The predicted molar refractivity (Wildman–Crippen MR) is 72.4 cm³/mol. The van der Waals surface area contributed by atoms with E-state index in [-0.39, 0.29) is 5.82 Å². The first-order chi connectivity index (χ1) is 8.81. The van der Waals surface area contributed by atoms with Crippen LogP contribution in [0.3, 0.4) is 0 Å². The van der Waals surface area contributed by atoms with Crippen LogP contribution in [-0.4, -0.2) is 15.9 Å². The molecule has 0 aliphatic heterocycles. The highest BCUT2D eigenvalue weighted by molar-refractivity contribution is 8.01. The highest BCUT2D eigenvalue weighted by Crippen LogP contribution is 2.33. The van der Waals surface area contributed by atoms with Crippen molar-refractivity contribution >= 4 is 23.3 Å². The molecule has 1 aromatic heterocycles. The molecule has 0 atom stereocenters. The summed E-state index contributed by atoms with van der Waals surface area (Å²) >= 11 is 2.61. The third-order valence-corrected chi connectivity index (χ3v) is 4.20. The number of hydrogen-bond acceptors (Lipinski definition) is 5. The second-order valence-corrected chi connectivity index (χ2v) is 5.75. The summed E-state index contributed by atoms with van der Waals surface area (Å²) in [4.78, 5) is 4.71. The van der Waals surface area contributed by atoms with Crippen LogP contribution in [0.4, 0.5) is 4.39 Å². The molecule has 2 aromatic rings. The maximum absolute atomic E-state index is 13.9. The summed E-state index contributed by atoms with van der Waals surface area (Å²) < 4.78 is 18.5. The lowest BCUT2D eigenvalue weighted by molar-refractivity contribution is 0.589. The summed E-state index contributed by atoms with van der Waals surface area (Å²) in [6, 6.07) is 5.16. The second-order valence-electron chi connectivity index (χ2n) is 3.71. The van der Waals surface area contributed by atoms with Crippen molar-refractivity contribution in [2.75, 3.05) is 6.54 Å². The molecule has 96 valence electrons. The minimum Gasteiger partial charge on any atom is -0.313 e. The smallest absolute Gasteiger partial charge is 0.174 e. The average molecular weight is 283 g/mol. The van der Waals surface area contributed by atoms with Crippen molar-refractivity contribution in [1.29, 1.82) is 0 Å². The summed E-state index contributed by atoms with van der Waals surface area (Å²) in [5.74, 6) is -0.203. The third kappa shape index (κ3) is 3.51.